The van der Waals surface area contributed by atoms with E-state index in [4.69, 9.17) is 13.8 Å². The lowest BCUT2D eigenvalue weighted by Gasteiger charge is -2.28. The zero-order valence-electron chi connectivity index (χ0n) is 31.0. The van der Waals surface area contributed by atoms with E-state index in [9.17, 15) is 0 Å². The Morgan fingerprint density at radius 3 is 1.80 bits per heavy atom. The Bertz CT molecular complexity index is 3080. The smallest absolute Gasteiger partial charge is 0.227 e. The van der Waals surface area contributed by atoms with Crippen molar-refractivity contribution in [3.05, 3.63) is 193 Å². The molecule has 0 radical (unpaired) electrons. The van der Waals surface area contributed by atoms with Gasteiger partial charge in [0.15, 0.2) is 5.58 Å². The molecule has 0 amide bonds. The highest BCUT2D eigenvalue weighted by atomic mass is 16.4. The van der Waals surface area contributed by atoms with Gasteiger partial charge in [-0.15, -0.1) is 0 Å². The zero-order valence-corrected chi connectivity index (χ0v) is 31.0. The number of hydrogen-bond acceptors (Lipinski definition) is 4. The summed E-state index contributed by atoms with van der Waals surface area (Å²) in [5, 5.41) is 2.06. The number of rotatable bonds is 6. The van der Waals surface area contributed by atoms with E-state index >= 15 is 0 Å². The second kappa shape index (κ2) is 12.4. The summed E-state index contributed by atoms with van der Waals surface area (Å²) in [7, 11) is 0. The van der Waals surface area contributed by atoms with Gasteiger partial charge in [0.2, 0.25) is 5.89 Å². The largest absolute Gasteiger partial charge is 0.456 e. The van der Waals surface area contributed by atoms with Crippen molar-refractivity contribution in [2.24, 2.45) is 0 Å². The number of aromatic nitrogens is 1. The van der Waals surface area contributed by atoms with Gasteiger partial charge in [-0.3, -0.25) is 0 Å². The van der Waals surface area contributed by atoms with Crippen LogP contribution in [0.25, 0.3) is 77.9 Å². The van der Waals surface area contributed by atoms with Crippen LogP contribution in [0, 0.1) is 0 Å². The van der Waals surface area contributed by atoms with Crippen LogP contribution in [0.4, 0.5) is 17.1 Å². The van der Waals surface area contributed by atoms with Gasteiger partial charge in [-0.2, -0.15) is 0 Å². The van der Waals surface area contributed by atoms with Gasteiger partial charge >= 0.3 is 0 Å². The van der Waals surface area contributed by atoms with Gasteiger partial charge in [0.1, 0.15) is 16.7 Å². The van der Waals surface area contributed by atoms with Crippen molar-refractivity contribution in [1.82, 2.24) is 4.98 Å². The van der Waals surface area contributed by atoms with E-state index in [1.807, 2.05) is 48.5 Å². The summed E-state index contributed by atoms with van der Waals surface area (Å²) in [4.78, 5) is 7.33. The van der Waals surface area contributed by atoms with Crippen LogP contribution in [0.2, 0.25) is 0 Å². The molecule has 4 nitrogen and oxygen atoms in total. The normalized spacial score (nSPS) is 13.0. The number of benzene rings is 8. The van der Waals surface area contributed by atoms with E-state index in [2.05, 4.69) is 152 Å². The molecule has 0 fully saturated rings. The van der Waals surface area contributed by atoms with E-state index in [0.717, 1.165) is 66.8 Å². The quantitative estimate of drug-likeness (QED) is 0.171. The number of para-hydroxylation sites is 1. The molecule has 4 heteroatoms. The fraction of sp³-hybridized carbons (Fsp3) is 0.0577. The van der Waals surface area contributed by atoms with Crippen molar-refractivity contribution in [2.75, 3.05) is 4.90 Å². The maximum absolute atomic E-state index is 6.66. The molecule has 1 aliphatic carbocycles. The van der Waals surface area contributed by atoms with Crippen molar-refractivity contribution >= 4 is 50.1 Å². The summed E-state index contributed by atoms with van der Waals surface area (Å²) in [6.07, 6.45) is 0. The fourth-order valence-electron chi connectivity index (χ4n) is 8.74. The summed E-state index contributed by atoms with van der Waals surface area (Å²) in [6.45, 7) is 4.67. The fourth-order valence-corrected chi connectivity index (χ4v) is 8.74. The molecule has 0 saturated heterocycles. The van der Waals surface area contributed by atoms with Gasteiger partial charge in [-0.25, -0.2) is 4.98 Å². The minimum absolute atomic E-state index is 0.123. The molecule has 0 unspecified atom stereocenters. The molecule has 0 aliphatic heterocycles. The Morgan fingerprint density at radius 2 is 1.05 bits per heavy atom. The molecule has 0 spiro atoms. The summed E-state index contributed by atoms with van der Waals surface area (Å²) < 4.78 is 13.1. The van der Waals surface area contributed by atoms with Crippen molar-refractivity contribution in [2.45, 2.75) is 19.3 Å². The molecule has 10 aromatic rings. The SMILES string of the molecule is CC1(C)c2ccccc2-c2ccc(N(c3ccc(-c4ccccc4)cc3)c3ccc(-c4c5oc(-c6ccccc6)nc5cc5oc6ccccc6c45)cc3)cc21. The van der Waals surface area contributed by atoms with Crippen molar-refractivity contribution in [3.63, 3.8) is 0 Å². The van der Waals surface area contributed by atoms with Crippen molar-refractivity contribution in [1.29, 1.82) is 0 Å². The molecule has 2 aromatic heterocycles. The van der Waals surface area contributed by atoms with Crippen LogP contribution >= 0.6 is 0 Å². The molecule has 11 rings (SSSR count). The van der Waals surface area contributed by atoms with Crippen molar-refractivity contribution < 1.29 is 8.83 Å². The Hall–Kier alpha value is -7.17. The van der Waals surface area contributed by atoms with Gasteiger partial charge in [0.05, 0.1) is 0 Å². The van der Waals surface area contributed by atoms with Gasteiger partial charge in [0.25, 0.3) is 0 Å². The van der Waals surface area contributed by atoms with Gasteiger partial charge < -0.3 is 13.7 Å². The van der Waals surface area contributed by atoms with E-state index in [-0.39, 0.29) is 5.41 Å². The first-order valence-electron chi connectivity index (χ1n) is 19.1. The number of furan rings is 1. The molecular weight excluding hydrogens is 685 g/mol. The maximum atomic E-state index is 6.66. The average Bonchev–Trinajstić information content (AvgIpc) is 3.91. The van der Waals surface area contributed by atoms with Crippen LogP contribution in [0.3, 0.4) is 0 Å². The highest BCUT2D eigenvalue weighted by Gasteiger charge is 2.35. The van der Waals surface area contributed by atoms with E-state index < -0.39 is 0 Å². The van der Waals surface area contributed by atoms with Crippen LogP contribution in [-0.4, -0.2) is 4.98 Å². The van der Waals surface area contributed by atoms with Crippen LogP contribution < -0.4 is 4.90 Å². The summed E-state index contributed by atoms with van der Waals surface area (Å²) in [6, 6.07) is 64.3. The molecule has 8 aromatic carbocycles. The molecule has 0 atom stereocenters. The Balaban J connectivity index is 1.08. The highest BCUT2D eigenvalue weighted by Crippen LogP contribution is 2.51. The maximum Gasteiger partial charge on any atom is 0.227 e. The Morgan fingerprint density at radius 1 is 0.464 bits per heavy atom. The number of hydrogen-bond donors (Lipinski definition) is 0. The standard InChI is InChI=1S/C52H36N2O2/c1-52(2)43-19-11-9-17-40(43)41-30-29-39(31-44(41)52)54(37-25-21-34(22-26-37)33-13-5-3-6-14-33)38-27-23-35(24-28-38)48-49-42-18-10-12-20-46(42)55-47(49)32-45-50(48)56-51(53-45)36-15-7-4-8-16-36/h3-32H,1-2H3. The Kier molecular flexibility index (Phi) is 7.17. The minimum atomic E-state index is -0.123. The van der Waals surface area contributed by atoms with Crippen LogP contribution in [0.5, 0.6) is 0 Å². The average molecular weight is 721 g/mol. The molecule has 266 valence electrons. The number of nitrogens with zero attached hydrogens (tertiary/aromatic N) is 2. The Labute approximate surface area is 324 Å². The summed E-state index contributed by atoms with van der Waals surface area (Å²) >= 11 is 0. The van der Waals surface area contributed by atoms with Crippen LogP contribution in [0.1, 0.15) is 25.0 Å². The van der Waals surface area contributed by atoms with Crippen LogP contribution in [0.15, 0.2) is 191 Å². The lowest BCUT2D eigenvalue weighted by atomic mass is 9.82. The van der Waals surface area contributed by atoms with Gasteiger partial charge in [-0.1, -0.05) is 135 Å². The topological polar surface area (TPSA) is 42.4 Å². The second-order valence-electron chi connectivity index (χ2n) is 15.2. The predicted molar refractivity (Wildman–Crippen MR) is 230 cm³/mol. The molecule has 1 aliphatic rings. The monoisotopic (exact) mass is 720 g/mol. The first-order valence-corrected chi connectivity index (χ1v) is 19.1. The molecule has 56 heavy (non-hydrogen) atoms. The molecule has 2 heterocycles. The predicted octanol–water partition coefficient (Wildman–Crippen LogP) is 14.5. The third-order valence-electron chi connectivity index (χ3n) is 11.5. The van der Waals surface area contributed by atoms with Gasteiger partial charge in [-0.05, 0) is 93.5 Å². The first-order chi connectivity index (χ1) is 27.5. The highest BCUT2D eigenvalue weighted by molar-refractivity contribution is 6.19. The number of fused-ring (bicyclic) bond motifs is 7. The molecule has 0 N–H and O–H groups in total. The zero-order chi connectivity index (χ0) is 37.4. The molecular formula is C52H36N2O2. The minimum Gasteiger partial charge on any atom is -0.456 e. The van der Waals surface area contributed by atoms with E-state index in [1.54, 1.807) is 0 Å². The second-order valence-corrected chi connectivity index (χ2v) is 15.2. The molecule has 0 bridgehead atoms. The lowest BCUT2D eigenvalue weighted by Crippen LogP contribution is -2.16. The van der Waals surface area contributed by atoms with E-state index in [0.29, 0.717) is 5.89 Å². The third kappa shape index (κ3) is 5.03. The summed E-state index contributed by atoms with van der Waals surface area (Å²) in [5.41, 5.74) is 16.9. The lowest BCUT2D eigenvalue weighted by molar-refractivity contribution is 0.621. The van der Waals surface area contributed by atoms with Gasteiger partial charge in [0, 0.05) is 50.4 Å². The first kappa shape index (κ1) is 32.3. The summed E-state index contributed by atoms with van der Waals surface area (Å²) in [5.74, 6) is 0.585. The molecule has 0 saturated carbocycles. The number of oxazole rings is 1. The van der Waals surface area contributed by atoms with Crippen LogP contribution in [-0.2, 0) is 5.41 Å². The van der Waals surface area contributed by atoms with E-state index in [1.165, 1.54) is 33.4 Å². The third-order valence-corrected chi connectivity index (χ3v) is 11.5. The van der Waals surface area contributed by atoms with Crippen molar-refractivity contribution in [3.8, 4) is 44.8 Å². The number of anilines is 3.